The molecule has 0 radical (unpaired) electrons. The third-order valence-electron chi connectivity index (χ3n) is 2.97. The summed E-state index contributed by atoms with van der Waals surface area (Å²) in [7, 11) is 0. The molecular formula is C11H14N6. The third kappa shape index (κ3) is 1.72. The smallest absolute Gasteiger partial charge is 0.241 e. The quantitative estimate of drug-likeness (QED) is 0.644. The van der Waals surface area contributed by atoms with Crippen LogP contribution in [-0.4, -0.2) is 21.3 Å². The molecule has 0 saturated carbocycles. The lowest BCUT2D eigenvalue weighted by molar-refractivity contribution is 0.642. The summed E-state index contributed by atoms with van der Waals surface area (Å²) in [5, 5.41) is 7.41. The number of benzene rings is 1. The predicted molar refractivity (Wildman–Crippen MR) is 65.6 cm³/mol. The van der Waals surface area contributed by atoms with E-state index in [0.29, 0.717) is 5.95 Å². The van der Waals surface area contributed by atoms with Crippen molar-refractivity contribution in [1.29, 1.82) is 0 Å². The van der Waals surface area contributed by atoms with Gasteiger partial charge in [-0.1, -0.05) is 6.07 Å². The van der Waals surface area contributed by atoms with Gasteiger partial charge in [0.2, 0.25) is 11.9 Å². The van der Waals surface area contributed by atoms with Crippen molar-refractivity contribution in [3.63, 3.8) is 0 Å². The van der Waals surface area contributed by atoms with Gasteiger partial charge in [-0.2, -0.15) is 9.67 Å². The Kier molecular flexibility index (Phi) is 2.22. The number of aromatic nitrogens is 3. The summed E-state index contributed by atoms with van der Waals surface area (Å²) in [6, 6.07) is 6.18. The summed E-state index contributed by atoms with van der Waals surface area (Å²) in [4.78, 5) is 3.89. The predicted octanol–water partition coefficient (Wildman–Crippen LogP) is 0.0774. The molecule has 2 heterocycles. The number of rotatable bonds is 1. The van der Waals surface area contributed by atoms with Crippen LogP contribution in [0.4, 0.5) is 11.9 Å². The van der Waals surface area contributed by atoms with E-state index in [9.17, 15) is 0 Å². The fraction of sp³-hybridized carbons (Fsp3) is 0.273. The summed E-state index contributed by atoms with van der Waals surface area (Å²) in [5.74, 6) is 0.504. The summed E-state index contributed by atoms with van der Waals surface area (Å²) in [6.07, 6.45) is 1.06. The Balaban J connectivity index is 2.06. The topological polar surface area (TPSA) is 94.8 Å². The number of nitrogen functional groups attached to an aromatic ring is 2. The first kappa shape index (κ1) is 10.1. The van der Waals surface area contributed by atoms with E-state index in [-0.39, 0.29) is 5.95 Å². The Morgan fingerprint density at radius 1 is 1.24 bits per heavy atom. The van der Waals surface area contributed by atoms with Crippen molar-refractivity contribution in [2.75, 3.05) is 18.0 Å². The minimum atomic E-state index is 0.193. The maximum absolute atomic E-state index is 5.74. The highest BCUT2D eigenvalue weighted by Gasteiger charge is 2.12. The van der Waals surface area contributed by atoms with E-state index in [4.69, 9.17) is 11.5 Å². The normalized spacial score (nSPS) is 14.6. The molecule has 1 aromatic carbocycles. The van der Waals surface area contributed by atoms with Gasteiger partial charge in [-0.3, -0.25) is 0 Å². The van der Waals surface area contributed by atoms with Crippen LogP contribution in [0.15, 0.2) is 18.2 Å². The van der Waals surface area contributed by atoms with E-state index in [0.717, 1.165) is 25.2 Å². The molecule has 0 amide bonds. The Morgan fingerprint density at radius 2 is 2.12 bits per heavy atom. The molecule has 3 rings (SSSR count). The first-order valence-corrected chi connectivity index (χ1v) is 5.55. The van der Waals surface area contributed by atoms with Crippen LogP contribution >= 0.6 is 0 Å². The van der Waals surface area contributed by atoms with Gasteiger partial charge in [-0.05, 0) is 36.2 Å². The number of hydrogen-bond donors (Lipinski definition) is 3. The molecule has 88 valence electrons. The van der Waals surface area contributed by atoms with E-state index in [2.05, 4.69) is 27.5 Å². The molecule has 6 heteroatoms. The van der Waals surface area contributed by atoms with E-state index < -0.39 is 0 Å². The Bertz CT molecular complexity index is 559. The zero-order valence-electron chi connectivity index (χ0n) is 9.35. The molecule has 0 aliphatic carbocycles. The van der Waals surface area contributed by atoms with Gasteiger partial charge in [0.05, 0.1) is 5.69 Å². The fourth-order valence-corrected chi connectivity index (χ4v) is 2.13. The molecule has 0 atom stereocenters. The highest BCUT2D eigenvalue weighted by atomic mass is 15.4. The van der Waals surface area contributed by atoms with Crippen LogP contribution in [0, 0.1) is 0 Å². The lowest BCUT2D eigenvalue weighted by Crippen LogP contribution is -2.23. The highest BCUT2D eigenvalue weighted by Crippen LogP contribution is 2.19. The third-order valence-corrected chi connectivity index (χ3v) is 2.97. The molecule has 0 fully saturated rings. The van der Waals surface area contributed by atoms with Gasteiger partial charge in [0.1, 0.15) is 0 Å². The molecule has 0 saturated heterocycles. The second-order valence-corrected chi connectivity index (χ2v) is 4.12. The number of hydrogen-bond acceptors (Lipinski definition) is 5. The van der Waals surface area contributed by atoms with Gasteiger partial charge >= 0.3 is 0 Å². The average Bonchev–Trinajstić information content (AvgIpc) is 2.68. The second kappa shape index (κ2) is 3.74. The van der Waals surface area contributed by atoms with Crippen LogP contribution in [-0.2, 0) is 13.0 Å². The summed E-state index contributed by atoms with van der Waals surface area (Å²) in [6.45, 7) is 1.91. The summed E-state index contributed by atoms with van der Waals surface area (Å²) < 4.78 is 1.56. The van der Waals surface area contributed by atoms with Crippen molar-refractivity contribution in [2.45, 2.75) is 13.0 Å². The zero-order chi connectivity index (χ0) is 11.8. The second-order valence-electron chi connectivity index (χ2n) is 4.12. The van der Waals surface area contributed by atoms with Crippen LogP contribution in [0.1, 0.15) is 11.1 Å². The van der Waals surface area contributed by atoms with E-state index in [1.807, 2.05) is 6.07 Å². The van der Waals surface area contributed by atoms with Gasteiger partial charge in [0, 0.05) is 6.54 Å². The maximum atomic E-state index is 5.74. The van der Waals surface area contributed by atoms with Crippen LogP contribution in [0.3, 0.4) is 0 Å². The molecule has 0 unspecified atom stereocenters. The van der Waals surface area contributed by atoms with Crippen LogP contribution in [0.25, 0.3) is 5.69 Å². The largest absolute Gasteiger partial charge is 0.368 e. The van der Waals surface area contributed by atoms with Gasteiger partial charge < -0.3 is 16.8 Å². The first-order valence-electron chi connectivity index (χ1n) is 5.55. The first-order chi connectivity index (χ1) is 8.24. The summed E-state index contributed by atoms with van der Waals surface area (Å²) in [5.41, 5.74) is 14.8. The molecule has 1 aromatic heterocycles. The lowest BCUT2D eigenvalue weighted by atomic mass is 10.0. The van der Waals surface area contributed by atoms with Crippen LogP contribution < -0.4 is 16.8 Å². The minimum absolute atomic E-state index is 0.193. The molecule has 1 aliphatic rings. The highest BCUT2D eigenvalue weighted by molar-refractivity contribution is 5.45. The Labute approximate surface area is 98.6 Å². The molecule has 0 bridgehead atoms. The molecule has 5 N–H and O–H groups in total. The van der Waals surface area contributed by atoms with Gasteiger partial charge in [-0.15, -0.1) is 5.10 Å². The SMILES string of the molecule is Nc1nc(N)n(-c2ccc3c(c2)CNCC3)n1. The molecule has 17 heavy (non-hydrogen) atoms. The molecular weight excluding hydrogens is 216 g/mol. The standard InChI is InChI=1S/C11H14N6/c12-10-15-11(13)17(16-10)9-2-1-7-3-4-14-6-8(7)5-9/h1-2,5,14H,3-4,6H2,(H4,12,13,15,16). The Morgan fingerprint density at radius 3 is 2.88 bits per heavy atom. The lowest BCUT2D eigenvalue weighted by Gasteiger charge is -2.17. The van der Waals surface area contributed by atoms with Crippen molar-refractivity contribution in [1.82, 2.24) is 20.1 Å². The number of nitrogens with two attached hydrogens (primary N) is 2. The monoisotopic (exact) mass is 230 g/mol. The fourth-order valence-electron chi connectivity index (χ4n) is 2.13. The number of nitrogens with one attached hydrogen (secondary N) is 1. The molecule has 0 spiro atoms. The van der Waals surface area contributed by atoms with Crippen molar-refractivity contribution in [3.8, 4) is 5.69 Å². The maximum Gasteiger partial charge on any atom is 0.241 e. The number of nitrogens with zero attached hydrogens (tertiary/aromatic N) is 3. The molecule has 2 aromatic rings. The average molecular weight is 230 g/mol. The molecule has 1 aliphatic heterocycles. The van der Waals surface area contributed by atoms with Crippen molar-refractivity contribution in [3.05, 3.63) is 29.3 Å². The van der Waals surface area contributed by atoms with Gasteiger partial charge in [0.15, 0.2) is 0 Å². The Hall–Kier alpha value is -2.08. The van der Waals surface area contributed by atoms with Crippen molar-refractivity contribution < 1.29 is 0 Å². The van der Waals surface area contributed by atoms with Gasteiger partial charge in [-0.25, -0.2) is 0 Å². The van der Waals surface area contributed by atoms with Crippen molar-refractivity contribution in [2.24, 2.45) is 0 Å². The molecule has 6 nitrogen and oxygen atoms in total. The minimum Gasteiger partial charge on any atom is -0.368 e. The van der Waals surface area contributed by atoms with Crippen LogP contribution in [0.5, 0.6) is 0 Å². The van der Waals surface area contributed by atoms with E-state index >= 15 is 0 Å². The zero-order valence-corrected chi connectivity index (χ0v) is 9.35. The number of anilines is 2. The van der Waals surface area contributed by atoms with Crippen molar-refractivity contribution >= 4 is 11.9 Å². The van der Waals surface area contributed by atoms with Gasteiger partial charge in [0.25, 0.3) is 0 Å². The number of fused-ring (bicyclic) bond motifs is 1. The van der Waals surface area contributed by atoms with E-state index in [1.54, 1.807) is 4.68 Å². The summed E-state index contributed by atoms with van der Waals surface area (Å²) >= 11 is 0. The van der Waals surface area contributed by atoms with Crippen LogP contribution in [0.2, 0.25) is 0 Å². The van der Waals surface area contributed by atoms with E-state index in [1.165, 1.54) is 11.1 Å².